The van der Waals surface area contributed by atoms with Gasteiger partial charge in [-0.25, -0.2) is 0 Å². The van der Waals surface area contributed by atoms with Gasteiger partial charge in [-0.05, 0) is 6.92 Å². The Morgan fingerprint density at radius 1 is 1.62 bits per heavy atom. The van der Waals surface area contributed by atoms with Crippen LogP contribution in [-0.2, 0) is 4.84 Å². The first-order valence-electron chi connectivity index (χ1n) is 2.68. The number of hydrogen-bond donors (Lipinski definition) is 0. The van der Waals surface area contributed by atoms with Gasteiger partial charge in [0.05, 0.1) is 6.20 Å². The van der Waals surface area contributed by atoms with Gasteiger partial charge in [0.25, 0.3) is 0 Å². The third kappa shape index (κ3) is 0.767. The van der Waals surface area contributed by atoms with E-state index >= 15 is 0 Å². The van der Waals surface area contributed by atoms with Crippen molar-refractivity contribution in [2.24, 2.45) is 0 Å². The molecule has 0 N–H and O–H groups in total. The van der Waals surface area contributed by atoms with Crippen LogP contribution in [-0.4, -0.2) is 23.8 Å². The molecule has 0 fully saturated rings. The lowest BCUT2D eigenvalue weighted by molar-refractivity contribution is -0.180. The molecule has 0 unspecified atom stereocenters. The third-order valence-corrected chi connectivity index (χ3v) is 1.13. The van der Waals surface area contributed by atoms with Crippen molar-refractivity contribution in [2.45, 2.75) is 6.92 Å². The first kappa shape index (κ1) is 5.44. The standard InChI is InChI=1S/C5H10N2O/c1-3-7-4-5-8-6(7)2/h4-5H,3H2,1-2H3. The summed E-state index contributed by atoms with van der Waals surface area (Å²) in [5, 5.41) is 3.64. The van der Waals surface area contributed by atoms with E-state index in [4.69, 9.17) is 4.84 Å². The van der Waals surface area contributed by atoms with Crippen molar-refractivity contribution in [3.05, 3.63) is 12.5 Å². The van der Waals surface area contributed by atoms with Gasteiger partial charge in [0.1, 0.15) is 6.26 Å². The minimum atomic E-state index is 0.951. The average molecular weight is 114 g/mol. The van der Waals surface area contributed by atoms with Crippen LogP contribution in [0.2, 0.25) is 0 Å². The predicted octanol–water partition coefficient (Wildman–Crippen LogP) is 0.572. The van der Waals surface area contributed by atoms with Gasteiger partial charge in [-0.15, -0.1) is 0 Å². The Morgan fingerprint density at radius 3 is 2.62 bits per heavy atom. The zero-order valence-corrected chi connectivity index (χ0v) is 5.16. The highest BCUT2D eigenvalue weighted by Gasteiger charge is 2.08. The molecule has 1 aliphatic rings. The molecule has 0 aromatic rings. The zero-order valence-electron chi connectivity index (χ0n) is 5.16. The molecule has 0 aromatic carbocycles. The Kier molecular flexibility index (Phi) is 1.39. The van der Waals surface area contributed by atoms with E-state index in [-0.39, 0.29) is 0 Å². The van der Waals surface area contributed by atoms with Gasteiger partial charge in [0.2, 0.25) is 0 Å². The highest BCUT2D eigenvalue weighted by atomic mass is 16.7. The quantitative estimate of drug-likeness (QED) is 0.495. The number of nitrogens with zero attached hydrogens (tertiary/aromatic N) is 2. The fourth-order valence-corrected chi connectivity index (χ4v) is 0.645. The fourth-order valence-electron chi connectivity index (χ4n) is 0.645. The summed E-state index contributed by atoms with van der Waals surface area (Å²) in [6, 6.07) is 0. The molecule has 0 spiro atoms. The SMILES string of the molecule is CCN1C=CON1C. The van der Waals surface area contributed by atoms with Crippen molar-refractivity contribution in [2.75, 3.05) is 13.6 Å². The molecular weight excluding hydrogens is 104 g/mol. The van der Waals surface area contributed by atoms with Gasteiger partial charge in [0, 0.05) is 13.6 Å². The van der Waals surface area contributed by atoms with Crippen LogP contribution in [0.25, 0.3) is 0 Å². The van der Waals surface area contributed by atoms with Gasteiger partial charge in [-0.2, -0.15) is 0 Å². The summed E-state index contributed by atoms with van der Waals surface area (Å²) in [5.74, 6) is 0. The highest BCUT2D eigenvalue weighted by Crippen LogP contribution is 2.03. The Morgan fingerprint density at radius 2 is 2.38 bits per heavy atom. The van der Waals surface area contributed by atoms with Crippen LogP contribution in [0.5, 0.6) is 0 Å². The van der Waals surface area contributed by atoms with Crippen LogP contribution >= 0.6 is 0 Å². The predicted molar refractivity (Wildman–Crippen MR) is 30.4 cm³/mol. The van der Waals surface area contributed by atoms with E-state index < -0.39 is 0 Å². The molecule has 0 bridgehead atoms. The summed E-state index contributed by atoms with van der Waals surface area (Å²) in [6.07, 6.45) is 3.55. The van der Waals surface area contributed by atoms with Crippen LogP contribution < -0.4 is 0 Å². The normalized spacial score (nSPS) is 19.5. The molecule has 0 saturated heterocycles. The van der Waals surface area contributed by atoms with Crippen molar-refractivity contribution >= 4 is 0 Å². The van der Waals surface area contributed by atoms with E-state index in [1.54, 1.807) is 11.4 Å². The third-order valence-electron chi connectivity index (χ3n) is 1.13. The fraction of sp³-hybridized carbons (Fsp3) is 0.600. The largest absolute Gasteiger partial charge is 0.393 e. The second-order valence-corrected chi connectivity index (χ2v) is 1.61. The molecule has 46 valence electrons. The van der Waals surface area contributed by atoms with Gasteiger partial charge in [-0.1, -0.05) is 5.17 Å². The van der Waals surface area contributed by atoms with E-state index in [9.17, 15) is 0 Å². The van der Waals surface area contributed by atoms with Crippen molar-refractivity contribution in [3.8, 4) is 0 Å². The molecule has 1 aliphatic heterocycles. The highest BCUT2D eigenvalue weighted by molar-refractivity contribution is 4.74. The number of hydrogen-bond acceptors (Lipinski definition) is 3. The van der Waals surface area contributed by atoms with E-state index in [1.807, 2.05) is 18.3 Å². The maximum Gasteiger partial charge on any atom is 0.131 e. The first-order chi connectivity index (χ1) is 3.84. The van der Waals surface area contributed by atoms with E-state index in [0.717, 1.165) is 6.54 Å². The Hall–Kier alpha value is -0.700. The van der Waals surface area contributed by atoms with Gasteiger partial charge >= 0.3 is 0 Å². The topological polar surface area (TPSA) is 15.7 Å². The minimum Gasteiger partial charge on any atom is -0.393 e. The number of hydroxylamine groups is 1. The van der Waals surface area contributed by atoms with Crippen molar-refractivity contribution in [1.29, 1.82) is 0 Å². The monoisotopic (exact) mass is 114 g/mol. The molecule has 1 heterocycles. The second-order valence-electron chi connectivity index (χ2n) is 1.61. The van der Waals surface area contributed by atoms with Crippen LogP contribution in [0.4, 0.5) is 0 Å². The van der Waals surface area contributed by atoms with E-state index in [2.05, 4.69) is 6.92 Å². The lowest BCUT2D eigenvalue weighted by atomic mass is 10.7. The summed E-state index contributed by atoms with van der Waals surface area (Å²) in [5.41, 5.74) is 0. The van der Waals surface area contributed by atoms with Crippen molar-refractivity contribution in [3.63, 3.8) is 0 Å². The number of rotatable bonds is 1. The summed E-state index contributed by atoms with van der Waals surface area (Å²) >= 11 is 0. The Labute approximate surface area is 49.1 Å². The van der Waals surface area contributed by atoms with Crippen molar-refractivity contribution < 1.29 is 4.84 Å². The summed E-state index contributed by atoms with van der Waals surface area (Å²) in [4.78, 5) is 4.94. The molecule has 0 aromatic heterocycles. The first-order valence-corrected chi connectivity index (χ1v) is 2.68. The molecular formula is C5H10N2O. The Bertz CT molecular complexity index is 103. The molecule has 1 rings (SSSR count). The summed E-state index contributed by atoms with van der Waals surface area (Å²) in [6.45, 7) is 3.02. The number of hydrazine groups is 1. The lowest BCUT2D eigenvalue weighted by Crippen LogP contribution is -2.29. The maximum atomic E-state index is 4.94. The molecule has 0 atom stereocenters. The molecule has 0 saturated carbocycles. The second kappa shape index (κ2) is 2.05. The maximum absolute atomic E-state index is 4.94. The van der Waals surface area contributed by atoms with Crippen LogP contribution in [0.3, 0.4) is 0 Å². The van der Waals surface area contributed by atoms with Crippen LogP contribution in [0.1, 0.15) is 6.92 Å². The molecule has 0 aliphatic carbocycles. The van der Waals surface area contributed by atoms with Crippen LogP contribution in [0.15, 0.2) is 12.5 Å². The molecule has 0 amide bonds. The summed E-state index contributed by atoms with van der Waals surface area (Å²) < 4.78 is 0. The summed E-state index contributed by atoms with van der Waals surface area (Å²) in [7, 11) is 1.86. The van der Waals surface area contributed by atoms with E-state index in [1.165, 1.54) is 0 Å². The van der Waals surface area contributed by atoms with Crippen LogP contribution in [0, 0.1) is 0 Å². The Balaban J connectivity index is 2.41. The molecule has 8 heavy (non-hydrogen) atoms. The van der Waals surface area contributed by atoms with Gasteiger partial charge in [0.15, 0.2) is 0 Å². The lowest BCUT2D eigenvalue weighted by Gasteiger charge is -2.19. The molecule has 3 heteroatoms. The van der Waals surface area contributed by atoms with Gasteiger partial charge < -0.3 is 4.84 Å². The van der Waals surface area contributed by atoms with Gasteiger partial charge in [-0.3, -0.25) is 5.01 Å². The zero-order chi connectivity index (χ0) is 5.98. The van der Waals surface area contributed by atoms with Crippen molar-refractivity contribution in [1.82, 2.24) is 10.2 Å². The molecule has 3 nitrogen and oxygen atoms in total. The smallest absolute Gasteiger partial charge is 0.131 e. The average Bonchev–Trinajstić information content (AvgIpc) is 2.14. The minimum absolute atomic E-state index is 0.951. The van der Waals surface area contributed by atoms with E-state index in [0.29, 0.717) is 0 Å². The molecule has 0 radical (unpaired) electrons.